The Hall–Kier alpha value is -2.05. The lowest BCUT2D eigenvalue weighted by atomic mass is 10.1. The number of nitrogens with zero attached hydrogens (tertiary/aromatic N) is 2. The Morgan fingerprint density at radius 1 is 1.45 bits per heavy atom. The van der Waals surface area contributed by atoms with E-state index >= 15 is 0 Å². The van der Waals surface area contributed by atoms with E-state index in [-0.39, 0.29) is 24.1 Å². The van der Waals surface area contributed by atoms with Gasteiger partial charge in [-0.05, 0) is 18.8 Å². The number of nitrogens with two attached hydrogens (primary N) is 2. The first-order valence-corrected chi connectivity index (χ1v) is 6.81. The van der Waals surface area contributed by atoms with Gasteiger partial charge in [-0.25, -0.2) is 0 Å². The molecule has 0 unspecified atom stereocenters. The molecule has 0 saturated heterocycles. The molecule has 1 aliphatic rings. The number of carbonyl (C=O) groups excluding carboxylic acids is 2. The molecular formula is C13H21N5O2. The van der Waals surface area contributed by atoms with Crippen LogP contribution < -0.4 is 11.5 Å². The quantitative estimate of drug-likeness (QED) is 0.700. The third kappa shape index (κ3) is 3.09. The van der Waals surface area contributed by atoms with Crippen LogP contribution in [0.5, 0.6) is 0 Å². The Kier molecular flexibility index (Phi) is 3.96. The molecule has 0 atom stereocenters. The standard InChI is InChI=1S/C13H21N5O2/c1-7(2)5-18(6-9(14)19)13(20)12-10(15)11(16-17-12)8-3-4-8/h7-8H,3-6,15H2,1-2H3,(H2,14,19)(H,16,17). The Labute approximate surface area is 117 Å². The fraction of sp³-hybridized carbons (Fsp3) is 0.615. The number of primary amides is 1. The van der Waals surface area contributed by atoms with Gasteiger partial charge in [0.2, 0.25) is 5.91 Å². The zero-order chi connectivity index (χ0) is 14.9. The Morgan fingerprint density at radius 2 is 2.10 bits per heavy atom. The summed E-state index contributed by atoms with van der Waals surface area (Å²) in [5.74, 6) is -0.284. The first-order chi connectivity index (χ1) is 9.40. The highest BCUT2D eigenvalue weighted by molar-refractivity contribution is 5.99. The number of amides is 2. The predicted molar refractivity (Wildman–Crippen MR) is 74.9 cm³/mol. The topological polar surface area (TPSA) is 118 Å². The second-order valence-electron chi connectivity index (χ2n) is 5.72. The molecular weight excluding hydrogens is 258 g/mol. The molecule has 1 fully saturated rings. The average Bonchev–Trinajstić information content (AvgIpc) is 3.10. The van der Waals surface area contributed by atoms with Gasteiger partial charge >= 0.3 is 0 Å². The van der Waals surface area contributed by atoms with Crippen LogP contribution in [-0.4, -0.2) is 40.0 Å². The maximum Gasteiger partial charge on any atom is 0.276 e. The molecule has 0 radical (unpaired) electrons. The molecule has 2 rings (SSSR count). The summed E-state index contributed by atoms with van der Waals surface area (Å²) >= 11 is 0. The summed E-state index contributed by atoms with van der Waals surface area (Å²) in [5.41, 5.74) is 12.6. The number of anilines is 1. The number of rotatable bonds is 6. The van der Waals surface area contributed by atoms with Crippen molar-refractivity contribution in [1.82, 2.24) is 15.1 Å². The van der Waals surface area contributed by atoms with Gasteiger partial charge in [0.25, 0.3) is 5.91 Å². The minimum atomic E-state index is -0.546. The molecule has 0 aromatic carbocycles. The van der Waals surface area contributed by atoms with Gasteiger partial charge in [0, 0.05) is 12.5 Å². The SMILES string of the molecule is CC(C)CN(CC(N)=O)C(=O)c1n[nH]c(C2CC2)c1N. The van der Waals surface area contributed by atoms with Crippen LogP contribution in [0.25, 0.3) is 0 Å². The molecule has 1 aromatic heterocycles. The summed E-state index contributed by atoms with van der Waals surface area (Å²) in [6.07, 6.45) is 2.13. The molecule has 5 N–H and O–H groups in total. The number of hydrogen-bond donors (Lipinski definition) is 3. The molecule has 110 valence electrons. The second-order valence-corrected chi connectivity index (χ2v) is 5.72. The molecule has 1 heterocycles. The van der Waals surface area contributed by atoms with E-state index in [0.717, 1.165) is 18.5 Å². The highest BCUT2D eigenvalue weighted by atomic mass is 16.2. The van der Waals surface area contributed by atoms with E-state index in [2.05, 4.69) is 10.2 Å². The van der Waals surface area contributed by atoms with E-state index in [4.69, 9.17) is 11.5 Å². The van der Waals surface area contributed by atoms with Crippen LogP contribution in [0.4, 0.5) is 5.69 Å². The molecule has 0 bridgehead atoms. The Morgan fingerprint density at radius 3 is 2.60 bits per heavy atom. The zero-order valence-electron chi connectivity index (χ0n) is 11.8. The molecule has 1 aromatic rings. The second kappa shape index (κ2) is 5.52. The van der Waals surface area contributed by atoms with E-state index in [1.165, 1.54) is 4.90 Å². The Balaban J connectivity index is 2.19. The summed E-state index contributed by atoms with van der Waals surface area (Å²) in [4.78, 5) is 25.0. The maximum absolute atomic E-state index is 12.4. The first kappa shape index (κ1) is 14.4. The highest BCUT2D eigenvalue weighted by Gasteiger charge is 2.31. The number of hydrogen-bond acceptors (Lipinski definition) is 4. The number of nitrogen functional groups attached to an aromatic ring is 1. The molecule has 1 aliphatic carbocycles. The Bertz CT molecular complexity index is 519. The number of carbonyl (C=O) groups is 2. The van der Waals surface area contributed by atoms with Gasteiger partial charge in [-0.1, -0.05) is 13.8 Å². The monoisotopic (exact) mass is 279 g/mol. The van der Waals surface area contributed by atoms with Crippen molar-refractivity contribution in [2.45, 2.75) is 32.6 Å². The minimum Gasteiger partial charge on any atom is -0.395 e. The van der Waals surface area contributed by atoms with Crippen molar-refractivity contribution in [1.29, 1.82) is 0 Å². The molecule has 2 amide bonds. The van der Waals surface area contributed by atoms with Crippen molar-refractivity contribution in [3.8, 4) is 0 Å². The lowest BCUT2D eigenvalue weighted by Crippen LogP contribution is -2.41. The fourth-order valence-electron chi connectivity index (χ4n) is 2.21. The maximum atomic E-state index is 12.4. The van der Waals surface area contributed by atoms with Crippen molar-refractivity contribution < 1.29 is 9.59 Å². The summed E-state index contributed by atoms with van der Waals surface area (Å²) in [5, 5.41) is 6.86. The van der Waals surface area contributed by atoms with Gasteiger partial charge < -0.3 is 16.4 Å². The van der Waals surface area contributed by atoms with Crippen LogP contribution in [-0.2, 0) is 4.79 Å². The number of H-pyrrole nitrogens is 1. The highest BCUT2D eigenvalue weighted by Crippen LogP contribution is 2.42. The van der Waals surface area contributed by atoms with Crippen LogP contribution in [0.3, 0.4) is 0 Å². The number of aromatic amines is 1. The van der Waals surface area contributed by atoms with Gasteiger partial charge in [0.1, 0.15) is 0 Å². The van der Waals surface area contributed by atoms with Gasteiger partial charge in [0.15, 0.2) is 5.69 Å². The van der Waals surface area contributed by atoms with Gasteiger partial charge in [-0.15, -0.1) is 0 Å². The van der Waals surface area contributed by atoms with Gasteiger partial charge in [-0.2, -0.15) is 5.10 Å². The van der Waals surface area contributed by atoms with Crippen molar-refractivity contribution in [3.05, 3.63) is 11.4 Å². The summed E-state index contributed by atoms with van der Waals surface area (Å²) in [6, 6.07) is 0. The van der Waals surface area contributed by atoms with Gasteiger partial charge in [0.05, 0.1) is 17.9 Å². The van der Waals surface area contributed by atoms with E-state index in [1.807, 2.05) is 13.8 Å². The zero-order valence-corrected chi connectivity index (χ0v) is 11.8. The minimum absolute atomic E-state index is 0.123. The van der Waals surface area contributed by atoms with E-state index < -0.39 is 5.91 Å². The molecule has 20 heavy (non-hydrogen) atoms. The van der Waals surface area contributed by atoms with Crippen molar-refractivity contribution in [2.75, 3.05) is 18.8 Å². The smallest absolute Gasteiger partial charge is 0.276 e. The molecule has 7 nitrogen and oxygen atoms in total. The molecule has 1 saturated carbocycles. The normalized spacial score (nSPS) is 14.6. The van der Waals surface area contributed by atoms with Crippen molar-refractivity contribution in [3.63, 3.8) is 0 Å². The summed E-state index contributed by atoms with van der Waals surface area (Å²) in [6.45, 7) is 4.24. The predicted octanol–water partition coefficient (Wildman–Crippen LogP) is 0.453. The molecule has 0 spiro atoms. The van der Waals surface area contributed by atoms with Gasteiger partial charge in [-0.3, -0.25) is 14.7 Å². The molecule has 0 aliphatic heterocycles. The van der Waals surface area contributed by atoms with Crippen molar-refractivity contribution in [2.24, 2.45) is 11.7 Å². The van der Waals surface area contributed by atoms with Crippen LogP contribution in [0.15, 0.2) is 0 Å². The number of nitrogens with one attached hydrogen (secondary N) is 1. The average molecular weight is 279 g/mol. The van der Waals surface area contributed by atoms with Crippen molar-refractivity contribution >= 4 is 17.5 Å². The van der Waals surface area contributed by atoms with E-state index in [0.29, 0.717) is 18.2 Å². The van der Waals surface area contributed by atoms with Crippen LogP contribution in [0, 0.1) is 5.92 Å². The van der Waals surface area contributed by atoms with E-state index in [9.17, 15) is 9.59 Å². The lowest BCUT2D eigenvalue weighted by Gasteiger charge is -2.22. The van der Waals surface area contributed by atoms with Crippen LogP contribution in [0.2, 0.25) is 0 Å². The van der Waals surface area contributed by atoms with Crippen LogP contribution in [0.1, 0.15) is 48.8 Å². The largest absolute Gasteiger partial charge is 0.395 e. The third-order valence-corrected chi connectivity index (χ3v) is 3.24. The summed E-state index contributed by atoms with van der Waals surface area (Å²) < 4.78 is 0. The first-order valence-electron chi connectivity index (χ1n) is 6.81. The van der Waals surface area contributed by atoms with E-state index in [1.54, 1.807) is 0 Å². The summed E-state index contributed by atoms with van der Waals surface area (Å²) in [7, 11) is 0. The number of aromatic nitrogens is 2. The van der Waals surface area contributed by atoms with Crippen LogP contribution >= 0.6 is 0 Å². The third-order valence-electron chi connectivity index (χ3n) is 3.24. The molecule has 7 heteroatoms. The lowest BCUT2D eigenvalue weighted by molar-refractivity contribution is -0.118. The fourth-order valence-corrected chi connectivity index (χ4v) is 2.21.